The molecular weight excluding hydrogens is 436 g/mol. The van der Waals surface area contributed by atoms with Crippen LogP contribution in [-0.2, 0) is 9.59 Å². The molecule has 2 aromatic carbocycles. The SMILES string of the molecule is O=C1CCC(N2C(=O)c3ccc(-c4cn(-c5ccnc6ccccc56)nn4)cc3C2=O)C(=O)N1. The van der Waals surface area contributed by atoms with Gasteiger partial charge in [0.2, 0.25) is 11.8 Å². The maximum absolute atomic E-state index is 13.1. The van der Waals surface area contributed by atoms with Crippen LogP contribution in [0.2, 0.25) is 0 Å². The molecule has 2 aromatic heterocycles. The van der Waals surface area contributed by atoms with E-state index in [0.29, 0.717) is 11.3 Å². The average molecular weight is 452 g/mol. The summed E-state index contributed by atoms with van der Waals surface area (Å²) in [6.07, 6.45) is 3.62. The molecule has 1 atom stereocenters. The Hall–Kier alpha value is -4.73. The lowest BCUT2D eigenvalue weighted by molar-refractivity contribution is -0.136. The number of hydrogen-bond donors (Lipinski definition) is 1. The highest BCUT2D eigenvalue weighted by atomic mass is 16.2. The maximum atomic E-state index is 13.1. The second-order valence-corrected chi connectivity index (χ2v) is 8.10. The molecule has 0 aliphatic carbocycles. The van der Waals surface area contributed by atoms with Crippen molar-refractivity contribution in [3.05, 3.63) is 72.1 Å². The van der Waals surface area contributed by atoms with E-state index in [4.69, 9.17) is 0 Å². The zero-order valence-corrected chi connectivity index (χ0v) is 17.6. The molecule has 4 aromatic rings. The first-order chi connectivity index (χ1) is 16.5. The number of pyridine rings is 1. The summed E-state index contributed by atoms with van der Waals surface area (Å²) >= 11 is 0. The summed E-state index contributed by atoms with van der Waals surface area (Å²) in [5.74, 6) is -2.17. The molecule has 10 heteroatoms. The van der Waals surface area contributed by atoms with Crippen molar-refractivity contribution in [2.45, 2.75) is 18.9 Å². The average Bonchev–Trinajstić information content (AvgIpc) is 3.43. The van der Waals surface area contributed by atoms with Gasteiger partial charge >= 0.3 is 0 Å². The third kappa shape index (κ3) is 2.99. The molecule has 0 saturated carbocycles. The summed E-state index contributed by atoms with van der Waals surface area (Å²) < 4.78 is 1.63. The number of rotatable bonds is 3. The Balaban J connectivity index is 1.34. The minimum atomic E-state index is -1.01. The predicted molar refractivity (Wildman–Crippen MR) is 119 cm³/mol. The van der Waals surface area contributed by atoms with E-state index in [1.165, 1.54) is 0 Å². The quantitative estimate of drug-likeness (QED) is 0.470. The van der Waals surface area contributed by atoms with Crippen LogP contribution in [0.1, 0.15) is 33.6 Å². The van der Waals surface area contributed by atoms with Crippen molar-refractivity contribution in [2.24, 2.45) is 0 Å². The second kappa shape index (κ2) is 7.41. The Labute approximate surface area is 192 Å². The van der Waals surface area contributed by atoms with Crippen molar-refractivity contribution in [3.63, 3.8) is 0 Å². The summed E-state index contributed by atoms with van der Waals surface area (Å²) in [6, 6.07) is 13.3. The van der Waals surface area contributed by atoms with Gasteiger partial charge in [-0.2, -0.15) is 0 Å². The standard InChI is InChI=1S/C24H16N6O4/c31-21-8-7-20(22(32)26-21)30-23(33)14-6-5-13(11-16(14)24(30)34)18-12-29(28-27-18)19-9-10-25-17-4-2-1-3-15(17)19/h1-6,9-12,20H,7-8H2,(H,26,31,32). The number of nitrogens with zero attached hydrogens (tertiary/aromatic N) is 5. The first kappa shape index (κ1) is 19.9. The van der Waals surface area contributed by atoms with E-state index in [-0.39, 0.29) is 24.0 Å². The number of piperidine rings is 1. The highest BCUT2D eigenvalue weighted by molar-refractivity contribution is 6.23. The summed E-state index contributed by atoms with van der Waals surface area (Å²) in [5, 5.41) is 11.6. The zero-order chi connectivity index (χ0) is 23.4. The van der Waals surface area contributed by atoms with Crippen LogP contribution < -0.4 is 5.32 Å². The molecule has 6 rings (SSSR count). The summed E-state index contributed by atoms with van der Waals surface area (Å²) in [5.41, 5.74) is 3.16. The minimum absolute atomic E-state index is 0.0713. The Bertz CT molecular complexity index is 1540. The minimum Gasteiger partial charge on any atom is -0.295 e. The highest BCUT2D eigenvalue weighted by Gasteiger charge is 2.44. The number of aromatic nitrogens is 4. The number of imide groups is 2. The van der Waals surface area contributed by atoms with Crippen molar-refractivity contribution in [2.75, 3.05) is 0 Å². The fourth-order valence-electron chi connectivity index (χ4n) is 4.42. The second-order valence-electron chi connectivity index (χ2n) is 8.10. The summed E-state index contributed by atoms with van der Waals surface area (Å²) in [7, 11) is 0. The number of amides is 4. The van der Waals surface area contributed by atoms with Crippen molar-refractivity contribution in [1.29, 1.82) is 0 Å². The van der Waals surface area contributed by atoms with Gasteiger partial charge in [-0.3, -0.25) is 34.4 Å². The smallest absolute Gasteiger partial charge is 0.262 e. The van der Waals surface area contributed by atoms with Crippen LogP contribution in [0.15, 0.2) is 60.9 Å². The molecule has 34 heavy (non-hydrogen) atoms. The number of carbonyl (C=O) groups excluding carboxylic acids is 4. The first-order valence-electron chi connectivity index (χ1n) is 10.6. The third-order valence-electron chi connectivity index (χ3n) is 6.10. The third-order valence-corrected chi connectivity index (χ3v) is 6.10. The van der Waals surface area contributed by atoms with Crippen LogP contribution in [0.5, 0.6) is 0 Å². The molecule has 0 spiro atoms. The molecule has 10 nitrogen and oxygen atoms in total. The Morgan fingerprint density at radius 2 is 1.76 bits per heavy atom. The van der Waals surface area contributed by atoms with E-state index in [1.54, 1.807) is 35.3 Å². The lowest BCUT2D eigenvalue weighted by atomic mass is 10.0. The molecular formula is C24H16N6O4. The van der Waals surface area contributed by atoms with Crippen molar-refractivity contribution < 1.29 is 19.2 Å². The van der Waals surface area contributed by atoms with Crippen LogP contribution >= 0.6 is 0 Å². The van der Waals surface area contributed by atoms with Gasteiger partial charge in [0.05, 0.1) is 28.5 Å². The van der Waals surface area contributed by atoms with Crippen molar-refractivity contribution >= 4 is 34.5 Å². The van der Waals surface area contributed by atoms with E-state index in [1.807, 2.05) is 30.3 Å². The van der Waals surface area contributed by atoms with E-state index in [0.717, 1.165) is 21.5 Å². The number of fused-ring (bicyclic) bond motifs is 2. The van der Waals surface area contributed by atoms with Gasteiger partial charge in [0, 0.05) is 23.6 Å². The number of carbonyl (C=O) groups is 4. The van der Waals surface area contributed by atoms with Crippen LogP contribution in [0.25, 0.3) is 27.8 Å². The molecule has 2 aliphatic rings. The van der Waals surface area contributed by atoms with Crippen LogP contribution in [0, 0.1) is 0 Å². The van der Waals surface area contributed by atoms with E-state index >= 15 is 0 Å². The molecule has 0 radical (unpaired) electrons. The predicted octanol–water partition coefficient (Wildman–Crippen LogP) is 1.88. The van der Waals surface area contributed by atoms with E-state index < -0.39 is 29.7 Å². The first-order valence-corrected chi connectivity index (χ1v) is 10.6. The zero-order valence-electron chi connectivity index (χ0n) is 17.6. The normalized spacial score (nSPS) is 17.9. The fourth-order valence-corrected chi connectivity index (χ4v) is 4.42. The molecule has 1 saturated heterocycles. The lowest BCUT2D eigenvalue weighted by Crippen LogP contribution is -2.54. The Morgan fingerprint density at radius 3 is 2.62 bits per heavy atom. The largest absolute Gasteiger partial charge is 0.295 e. The van der Waals surface area contributed by atoms with Gasteiger partial charge in [0.1, 0.15) is 11.7 Å². The maximum Gasteiger partial charge on any atom is 0.262 e. The van der Waals surface area contributed by atoms with Crippen LogP contribution in [0.3, 0.4) is 0 Å². The van der Waals surface area contributed by atoms with Crippen LogP contribution in [-0.4, -0.2) is 54.5 Å². The van der Waals surface area contributed by atoms with Gasteiger partial charge < -0.3 is 0 Å². The van der Waals surface area contributed by atoms with Crippen molar-refractivity contribution in [3.8, 4) is 16.9 Å². The van der Waals surface area contributed by atoms with E-state index in [9.17, 15) is 19.2 Å². The molecule has 4 heterocycles. The molecule has 2 aliphatic heterocycles. The van der Waals surface area contributed by atoms with Crippen molar-refractivity contribution in [1.82, 2.24) is 30.2 Å². The number of hydrogen-bond acceptors (Lipinski definition) is 7. The fraction of sp³-hybridized carbons (Fsp3) is 0.125. The van der Waals surface area contributed by atoms with Gasteiger partial charge in [-0.15, -0.1) is 5.10 Å². The summed E-state index contributed by atoms with van der Waals surface area (Å²) in [6.45, 7) is 0. The molecule has 0 bridgehead atoms. The lowest BCUT2D eigenvalue weighted by Gasteiger charge is -2.27. The molecule has 1 fully saturated rings. The number of para-hydroxylation sites is 1. The Morgan fingerprint density at radius 1 is 0.941 bits per heavy atom. The molecule has 4 amide bonds. The number of benzene rings is 2. The monoisotopic (exact) mass is 452 g/mol. The van der Waals surface area contributed by atoms with Gasteiger partial charge in [0.15, 0.2) is 0 Å². The van der Waals surface area contributed by atoms with Gasteiger partial charge in [-0.25, -0.2) is 4.68 Å². The molecule has 166 valence electrons. The Kier molecular flexibility index (Phi) is 4.34. The topological polar surface area (TPSA) is 127 Å². The van der Waals surface area contributed by atoms with Crippen LogP contribution in [0.4, 0.5) is 0 Å². The van der Waals surface area contributed by atoms with Gasteiger partial charge in [-0.05, 0) is 30.7 Å². The number of nitrogens with one attached hydrogen (secondary N) is 1. The molecule has 1 N–H and O–H groups in total. The van der Waals surface area contributed by atoms with E-state index in [2.05, 4.69) is 20.6 Å². The van der Waals surface area contributed by atoms with Gasteiger partial charge in [0.25, 0.3) is 11.8 Å². The summed E-state index contributed by atoms with van der Waals surface area (Å²) in [4.78, 5) is 55.0. The van der Waals surface area contributed by atoms with Gasteiger partial charge in [-0.1, -0.05) is 29.5 Å². The highest BCUT2D eigenvalue weighted by Crippen LogP contribution is 2.31. The molecule has 1 unspecified atom stereocenters.